The molecule has 0 saturated carbocycles. The molecule has 0 unspecified atom stereocenters. The predicted molar refractivity (Wildman–Crippen MR) is 101 cm³/mol. The molecule has 0 radical (unpaired) electrons. The summed E-state index contributed by atoms with van der Waals surface area (Å²) in [5.41, 5.74) is 0.356. The fraction of sp³-hybridized carbons (Fsp3) is 0.200. The number of aromatic amines is 1. The first kappa shape index (κ1) is 19.8. The zero-order valence-electron chi connectivity index (χ0n) is 15.1. The van der Waals surface area contributed by atoms with Gasteiger partial charge in [-0.25, -0.2) is 13.6 Å². The van der Waals surface area contributed by atoms with Gasteiger partial charge in [0, 0.05) is 22.4 Å². The van der Waals surface area contributed by atoms with Crippen LogP contribution in [0.2, 0.25) is 5.02 Å². The topological polar surface area (TPSA) is 68.4 Å². The van der Waals surface area contributed by atoms with E-state index >= 15 is 0 Å². The van der Waals surface area contributed by atoms with Gasteiger partial charge in [0.1, 0.15) is 17.4 Å². The largest absolute Gasteiger partial charge is 0.481 e. The first-order chi connectivity index (χ1) is 13.3. The number of ether oxygens (including phenoxy) is 2. The van der Waals surface area contributed by atoms with Crippen LogP contribution < -0.4 is 10.3 Å². The summed E-state index contributed by atoms with van der Waals surface area (Å²) in [5.74, 6) is -1.60. The second-order valence-corrected chi connectivity index (χ2v) is 6.57. The highest BCUT2D eigenvalue weighted by Gasteiger charge is 2.18. The number of aromatic nitrogens is 1. The predicted octanol–water partition coefficient (Wildman–Crippen LogP) is 3.91. The molecule has 0 fully saturated rings. The van der Waals surface area contributed by atoms with Crippen molar-refractivity contribution in [1.29, 1.82) is 0 Å². The molecule has 0 aliphatic rings. The number of rotatable bonds is 5. The van der Waals surface area contributed by atoms with E-state index in [1.165, 1.54) is 25.3 Å². The Morgan fingerprint density at radius 3 is 2.61 bits per heavy atom. The van der Waals surface area contributed by atoms with Crippen LogP contribution in [-0.2, 0) is 16.0 Å². The quantitative estimate of drug-likeness (QED) is 0.651. The molecule has 5 nitrogen and oxygen atoms in total. The average molecular weight is 408 g/mol. The van der Waals surface area contributed by atoms with Crippen LogP contribution in [0.5, 0.6) is 5.75 Å². The Labute approximate surface area is 163 Å². The molecule has 0 bridgehead atoms. The van der Waals surface area contributed by atoms with Crippen LogP contribution in [-0.4, -0.2) is 24.7 Å². The van der Waals surface area contributed by atoms with Gasteiger partial charge in [-0.15, -0.1) is 0 Å². The number of halogens is 3. The molecular weight excluding hydrogens is 392 g/mol. The molecule has 28 heavy (non-hydrogen) atoms. The van der Waals surface area contributed by atoms with Gasteiger partial charge in [-0.1, -0.05) is 17.7 Å². The fourth-order valence-corrected chi connectivity index (χ4v) is 3.11. The van der Waals surface area contributed by atoms with E-state index in [1.807, 2.05) is 0 Å². The maximum absolute atomic E-state index is 14.3. The molecule has 0 amide bonds. The Hall–Kier alpha value is -2.93. The molecule has 0 atom stereocenters. The lowest BCUT2D eigenvalue weighted by Gasteiger charge is -2.14. The number of pyridine rings is 1. The van der Waals surface area contributed by atoms with Gasteiger partial charge < -0.3 is 14.5 Å². The minimum atomic E-state index is -0.648. The first-order valence-corrected chi connectivity index (χ1v) is 8.67. The number of H-pyrrole nitrogens is 1. The monoisotopic (exact) mass is 407 g/mol. The highest BCUT2D eigenvalue weighted by Crippen LogP contribution is 2.31. The van der Waals surface area contributed by atoms with E-state index in [1.54, 1.807) is 6.92 Å². The Balaban J connectivity index is 2.13. The number of fused-ring (bicyclic) bond motifs is 1. The second kappa shape index (κ2) is 7.98. The summed E-state index contributed by atoms with van der Waals surface area (Å²) in [4.78, 5) is 26.4. The normalized spacial score (nSPS) is 10.9. The number of carbonyl (C=O) groups excluding carboxylic acids is 1. The van der Waals surface area contributed by atoms with Gasteiger partial charge in [-0.2, -0.15) is 0 Å². The van der Waals surface area contributed by atoms with Crippen molar-refractivity contribution in [3.05, 3.63) is 74.0 Å². The summed E-state index contributed by atoms with van der Waals surface area (Å²) in [7, 11) is 1.22. The van der Waals surface area contributed by atoms with Crippen molar-refractivity contribution < 1.29 is 23.0 Å². The Kier molecular flexibility index (Phi) is 5.65. The van der Waals surface area contributed by atoms with Crippen molar-refractivity contribution >= 4 is 28.5 Å². The van der Waals surface area contributed by atoms with Crippen LogP contribution in [0.3, 0.4) is 0 Å². The van der Waals surface area contributed by atoms with Gasteiger partial charge in [0.05, 0.1) is 12.6 Å². The maximum atomic E-state index is 14.3. The minimum absolute atomic E-state index is 0.0208. The molecule has 3 rings (SSSR count). The van der Waals surface area contributed by atoms with Crippen LogP contribution in [0.4, 0.5) is 8.78 Å². The molecule has 3 aromatic rings. The lowest BCUT2D eigenvalue weighted by atomic mass is 9.98. The van der Waals surface area contributed by atoms with E-state index in [0.717, 1.165) is 12.1 Å². The maximum Gasteiger partial charge on any atom is 0.343 e. The third kappa shape index (κ3) is 3.84. The van der Waals surface area contributed by atoms with E-state index in [4.69, 9.17) is 16.3 Å². The number of hydrogen-bond donors (Lipinski definition) is 1. The van der Waals surface area contributed by atoms with Crippen molar-refractivity contribution in [3.8, 4) is 5.75 Å². The van der Waals surface area contributed by atoms with E-state index in [-0.39, 0.29) is 40.4 Å². The Morgan fingerprint density at radius 2 is 1.93 bits per heavy atom. The van der Waals surface area contributed by atoms with Crippen molar-refractivity contribution in [2.75, 3.05) is 13.7 Å². The number of methoxy groups -OCH3 is 1. The summed E-state index contributed by atoms with van der Waals surface area (Å²) in [6.07, 6.45) is -0.0208. The van der Waals surface area contributed by atoms with Gasteiger partial charge in [0.15, 0.2) is 6.61 Å². The number of nitrogens with one attached hydrogen (secondary N) is 1. The molecule has 0 saturated heterocycles. The van der Waals surface area contributed by atoms with Gasteiger partial charge in [-0.05, 0) is 42.3 Å². The van der Waals surface area contributed by atoms with E-state index in [2.05, 4.69) is 9.72 Å². The van der Waals surface area contributed by atoms with E-state index in [0.29, 0.717) is 10.9 Å². The summed E-state index contributed by atoms with van der Waals surface area (Å²) in [5, 5.41) is 0.541. The van der Waals surface area contributed by atoms with Crippen molar-refractivity contribution in [3.63, 3.8) is 0 Å². The number of aryl methyl sites for hydroxylation is 1. The smallest absolute Gasteiger partial charge is 0.343 e. The molecular formula is C20H16ClF2NO4. The van der Waals surface area contributed by atoms with Gasteiger partial charge >= 0.3 is 5.97 Å². The second-order valence-electron chi connectivity index (χ2n) is 6.13. The molecule has 8 heteroatoms. The van der Waals surface area contributed by atoms with Gasteiger partial charge in [-0.3, -0.25) is 4.79 Å². The first-order valence-electron chi connectivity index (χ1n) is 8.29. The van der Waals surface area contributed by atoms with Crippen LogP contribution in [0, 0.1) is 18.6 Å². The standard InChI is InChI=1S/C20H16ClF2NO4/c1-10-13(7-11-3-4-12(21)8-15(11)23)20(26)24-19-14(22)5-6-16(18(10)19)28-9-17(25)27-2/h3-6,8H,7,9H2,1-2H3,(H,24,26). The highest BCUT2D eigenvalue weighted by molar-refractivity contribution is 6.30. The summed E-state index contributed by atoms with van der Waals surface area (Å²) < 4.78 is 38.4. The lowest BCUT2D eigenvalue weighted by Crippen LogP contribution is -2.18. The highest BCUT2D eigenvalue weighted by atomic mass is 35.5. The summed E-state index contributed by atoms with van der Waals surface area (Å²) in [6.45, 7) is 1.24. The number of hydrogen-bond acceptors (Lipinski definition) is 4. The van der Waals surface area contributed by atoms with E-state index < -0.39 is 23.2 Å². The zero-order valence-corrected chi connectivity index (χ0v) is 15.8. The van der Waals surface area contributed by atoms with Crippen molar-refractivity contribution in [2.45, 2.75) is 13.3 Å². The van der Waals surface area contributed by atoms with E-state index in [9.17, 15) is 18.4 Å². The molecule has 0 aliphatic carbocycles. The average Bonchev–Trinajstić information content (AvgIpc) is 2.66. The van der Waals surface area contributed by atoms with Crippen molar-refractivity contribution in [1.82, 2.24) is 4.98 Å². The Morgan fingerprint density at radius 1 is 1.18 bits per heavy atom. The Bertz CT molecular complexity index is 1130. The SMILES string of the molecule is COC(=O)COc1ccc(F)c2[nH]c(=O)c(Cc3ccc(Cl)cc3F)c(C)c12. The molecule has 2 aromatic carbocycles. The fourth-order valence-electron chi connectivity index (χ4n) is 2.95. The number of benzene rings is 2. The summed E-state index contributed by atoms with van der Waals surface area (Å²) >= 11 is 5.77. The zero-order chi connectivity index (χ0) is 20.4. The minimum Gasteiger partial charge on any atom is -0.481 e. The van der Waals surface area contributed by atoms with Crippen LogP contribution in [0.1, 0.15) is 16.7 Å². The molecule has 146 valence electrons. The van der Waals surface area contributed by atoms with Crippen LogP contribution >= 0.6 is 11.6 Å². The van der Waals surface area contributed by atoms with Gasteiger partial charge in [0.2, 0.25) is 0 Å². The van der Waals surface area contributed by atoms with Crippen molar-refractivity contribution in [2.24, 2.45) is 0 Å². The number of esters is 1. The lowest BCUT2D eigenvalue weighted by molar-refractivity contribution is -0.142. The third-order valence-corrected chi connectivity index (χ3v) is 4.65. The molecule has 1 N–H and O–H groups in total. The third-order valence-electron chi connectivity index (χ3n) is 4.41. The van der Waals surface area contributed by atoms with Crippen LogP contribution in [0.25, 0.3) is 10.9 Å². The number of carbonyl (C=O) groups is 1. The summed E-state index contributed by atoms with van der Waals surface area (Å²) in [6, 6.07) is 6.66. The van der Waals surface area contributed by atoms with Crippen LogP contribution in [0.15, 0.2) is 35.1 Å². The molecule has 0 aliphatic heterocycles. The van der Waals surface area contributed by atoms with Gasteiger partial charge in [0.25, 0.3) is 5.56 Å². The molecule has 0 spiro atoms. The molecule has 1 aromatic heterocycles. The molecule has 1 heterocycles.